The average Bonchev–Trinajstić information content (AvgIpc) is 2.54. The number of carbonyl (C=O) groups excluding carboxylic acids is 1. The van der Waals surface area contributed by atoms with E-state index in [1.54, 1.807) is 0 Å². The number of esters is 1. The summed E-state index contributed by atoms with van der Waals surface area (Å²) < 4.78 is 5.16. The minimum Gasteiger partial charge on any atom is -0.508 e. The molecule has 0 amide bonds. The molecule has 0 atom stereocenters. The lowest BCUT2D eigenvalue weighted by molar-refractivity contribution is -0.145. The second-order valence-electron chi connectivity index (χ2n) is 6.03. The SMILES string of the molecule is O=C(CCCN1CCN(CCO)CC1)OCc1cc(O)cc(O)c1. The number of hydrogen-bond donors (Lipinski definition) is 3. The highest BCUT2D eigenvalue weighted by Gasteiger charge is 2.16. The van der Waals surface area contributed by atoms with E-state index in [0.717, 1.165) is 45.7 Å². The molecule has 1 aliphatic rings. The Bertz CT molecular complexity index is 509. The molecule has 1 heterocycles. The maximum absolute atomic E-state index is 11.8. The van der Waals surface area contributed by atoms with Crippen molar-refractivity contribution in [3.05, 3.63) is 23.8 Å². The molecule has 0 spiro atoms. The summed E-state index contributed by atoms with van der Waals surface area (Å²) in [7, 11) is 0. The Kier molecular flexibility index (Phi) is 7.30. The van der Waals surface area contributed by atoms with Crippen LogP contribution in [0.25, 0.3) is 0 Å². The van der Waals surface area contributed by atoms with E-state index >= 15 is 0 Å². The molecule has 0 radical (unpaired) electrons. The van der Waals surface area contributed by atoms with Crippen molar-refractivity contribution in [2.24, 2.45) is 0 Å². The number of β-amino-alcohol motifs (C(OH)–C–C–N with tert-alkyl or cyclic N) is 1. The van der Waals surface area contributed by atoms with Crippen molar-refractivity contribution >= 4 is 5.97 Å². The molecule has 0 bridgehead atoms. The summed E-state index contributed by atoms with van der Waals surface area (Å²) in [6.45, 7) is 5.64. The fourth-order valence-corrected chi connectivity index (χ4v) is 2.80. The molecule has 1 aromatic rings. The van der Waals surface area contributed by atoms with Gasteiger partial charge >= 0.3 is 5.97 Å². The van der Waals surface area contributed by atoms with Crippen LogP contribution in [0.4, 0.5) is 0 Å². The van der Waals surface area contributed by atoms with E-state index in [-0.39, 0.29) is 30.7 Å². The summed E-state index contributed by atoms with van der Waals surface area (Å²) in [6.07, 6.45) is 1.09. The maximum Gasteiger partial charge on any atom is 0.306 e. The van der Waals surface area contributed by atoms with Gasteiger partial charge in [-0.3, -0.25) is 9.69 Å². The number of phenolic OH excluding ortho intramolecular Hbond substituents is 2. The summed E-state index contributed by atoms with van der Waals surface area (Å²) in [6, 6.07) is 4.14. The fraction of sp³-hybridized carbons (Fsp3) is 0.588. The van der Waals surface area contributed by atoms with Gasteiger partial charge in [0, 0.05) is 45.2 Å². The van der Waals surface area contributed by atoms with Gasteiger partial charge in [-0.1, -0.05) is 0 Å². The first kappa shape index (κ1) is 18.5. The lowest BCUT2D eigenvalue weighted by Gasteiger charge is -2.34. The molecule has 0 aromatic heterocycles. The maximum atomic E-state index is 11.8. The summed E-state index contributed by atoms with van der Waals surface area (Å²) in [5.74, 6) is -0.389. The smallest absolute Gasteiger partial charge is 0.306 e. The zero-order valence-electron chi connectivity index (χ0n) is 13.9. The van der Waals surface area contributed by atoms with Gasteiger partial charge in [0.2, 0.25) is 0 Å². The molecule has 2 rings (SSSR count). The molecule has 1 fully saturated rings. The lowest BCUT2D eigenvalue weighted by atomic mass is 10.2. The Balaban J connectivity index is 1.60. The molecule has 1 aliphatic heterocycles. The number of phenols is 2. The molecule has 0 aliphatic carbocycles. The van der Waals surface area contributed by atoms with Crippen LogP contribution in [-0.2, 0) is 16.1 Å². The minimum atomic E-state index is -0.281. The largest absolute Gasteiger partial charge is 0.508 e. The van der Waals surface area contributed by atoms with Gasteiger partial charge in [0.1, 0.15) is 18.1 Å². The highest BCUT2D eigenvalue weighted by molar-refractivity contribution is 5.69. The van der Waals surface area contributed by atoms with Gasteiger partial charge in [0.25, 0.3) is 0 Å². The van der Waals surface area contributed by atoms with Crippen LogP contribution in [0.2, 0.25) is 0 Å². The topological polar surface area (TPSA) is 93.5 Å². The molecular weight excluding hydrogens is 312 g/mol. The normalized spacial score (nSPS) is 16.2. The van der Waals surface area contributed by atoms with Gasteiger partial charge in [0.05, 0.1) is 6.61 Å². The zero-order chi connectivity index (χ0) is 17.4. The number of benzene rings is 1. The number of nitrogens with zero attached hydrogens (tertiary/aromatic N) is 2. The van der Waals surface area contributed by atoms with Crippen molar-refractivity contribution in [2.45, 2.75) is 19.4 Å². The third-order valence-corrected chi connectivity index (χ3v) is 4.10. The Hall–Kier alpha value is -1.83. The highest BCUT2D eigenvalue weighted by Crippen LogP contribution is 2.21. The zero-order valence-corrected chi connectivity index (χ0v) is 13.9. The van der Waals surface area contributed by atoms with Crippen LogP contribution in [-0.4, -0.2) is 77.0 Å². The summed E-state index contributed by atoms with van der Waals surface area (Å²) >= 11 is 0. The number of aliphatic hydroxyl groups is 1. The van der Waals surface area contributed by atoms with Gasteiger partial charge in [0.15, 0.2) is 0 Å². The van der Waals surface area contributed by atoms with E-state index in [9.17, 15) is 15.0 Å². The Labute approximate surface area is 142 Å². The first-order chi connectivity index (χ1) is 11.6. The van der Waals surface area contributed by atoms with Crippen molar-refractivity contribution in [3.63, 3.8) is 0 Å². The van der Waals surface area contributed by atoms with E-state index < -0.39 is 0 Å². The van der Waals surface area contributed by atoms with Crippen LogP contribution in [0.3, 0.4) is 0 Å². The highest BCUT2D eigenvalue weighted by atomic mass is 16.5. The van der Waals surface area contributed by atoms with E-state index in [2.05, 4.69) is 9.80 Å². The predicted octanol–water partition coefficient (Wildman–Crippen LogP) is 0.531. The number of aliphatic hydroxyl groups excluding tert-OH is 1. The van der Waals surface area contributed by atoms with Crippen molar-refractivity contribution in [1.82, 2.24) is 9.80 Å². The average molecular weight is 338 g/mol. The summed E-state index contributed by atoms with van der Waals surface area (Å²) in [4.78, 5) is 16.3. The Morgan fingerprint density at radius 1 is 1.00 bits per heavy atom. The second-order valence-corrected chi connectivity index (χ2v) is 6.03. The molecule has 0 unspecified atom stereocenters. The number of aromatic hydroxyl groups is 2. The van der Waals surface area contributed by atoms with Gasteiger partial charge < -0.3 is 25.0 Å². The monoisotopic (exact) mass is 338 g/mol. The molecule has 24 heavy (non-hydrogen) atoms. The number of rotatable bonds is 8. The molecular formula is C17H26N2O5. The summed E-state index contributed by atoms with van der Waals surface area (Å²) in [5.41, 5.74) is 0.556. The first-order valence-corrected chi connectivity index (χ1v) is 8.30. The van der Waals surface area contributed by atoms with E-state index in [1.165, 1.54) is 18.2 Å². The number of carbonyl (C=O) groups is 1. The molecule has 3 N–H and O–H groups in total. The van der Waals surface area contributed by atoms with Crippen LogP contribution in [0.5, 0.6) is 11.5 Å². The fourth-order valence-electron chi connectivity index (χ4n) is 2.80. The number of hydrogen-bond acceptors (Lipinski definition) is 7. The molecule has 7 heteroatoms. The van der Waals surface area contributed by atoms with Gasteiger partial charge in [-0.2, -0.15) is 0 Å². The molecule has 7 nitrogen and oxygen atoms in total. The minimum absolute atomic E-state index is 0.0423. The standard InChI is InChI=1S/C17H26N2O5/c20-9-8-19-6-4-18(5-7-19)3-1-2-17(23)24-13-14-10-15(21)12-16(22)11-14/h10-12,20-22H,1-9,13H2. The second kappa shape index (κ2) is 9.46. The summed E-state index contributed by atoms with van der Waals surface area (Å²) in [5, 5.41) is 27.7. The third-order valence-electron chi connectivity index (χ3n) is 4.10. The van der Waals surface area contributed by atoms with Crippen LogP contribution in [0.1, 0.15) is 18.4 Å². The number of piperazine rings is 1. The lowest BCUT2D eigenvalue weighted by Crippen LogP contribution is -2.47. The third kappa shape index (κ3) is 6.35. The Morgan fingerprint density at radius 2 is 1.58 bits per heavy atom. The number of ether oxygens (including phenoxy) is 1. The van der Waals surface area contributed by atoms with Gasteiger partial charge in [-0.25, -0.2) is 0 Å². The molecule has 134 valence electrons. The van der Waals surface area contributed by atoms with Gasteiger partial charge in [-0.15, -0.1) is 0 Å². The first-order valence-electron chi connectivity index (χ1n) is 8.30. The van der Waals surface area contributed by atoms with E-state index in [1.807, 2.05) is 0 Å². The van der Waals surface area contributed by atoms with Gasteiger partial charge in [-0.05, 0) is 30.7 Å². The van der Waals surface area contributed by atoms with Crippen molar-refractivity contribution in [3.8, 4) is 11.5 Å². The van der Waals surface area contributed by atoms with Crippen molar-refractivity contribution in [2.75, 3.05) is 45.9 Å². The molecule has 0 saturated carbocycles. The quantitative estimate of drug-likeness (QED) is 0.595. The van der Waals surface area contributed by atoms with Crippen LogP contribution >= 0.6 is 0 Å². The van der Waals surface area contributed by atoms with Crippen LogP contribution < -0.4 is 0 Å². The van der Waals surface area contributed by atoms with E-state index in [0.29, 0.717) is 12.0 Å². The van der Waals surface area contributed by atoms with Crippen LogP contribution in [0.15, 0.2) is 18.2 Å². The van der Waals surface area contributed by atoms with E-state index in [4.69, 9.17) is 9.84 Å². The Morgan fingerprint density at radius 3 is 2.17 bits per heavy atom. The van der Waals surface area contributed by atoms with Crippen LogP contribution in [0, 0.1) is 0 Å². The molecule has 1 saturated heterocycles. The van der Waals surface area contributed by atoms with Crippen molar-refractivity contribution < 1.29 is 24.9 Å². The predicted molar refractivity (Wildman–Crippen MR) is 88.8 cm³/mol. The van der Waals surface area contributed by atoms with Crippen molar-refractivity contribution in [1.29, 1.82) is 0 Å². The molecule has 1 aromatic carbocycles.